The Kier molecular flexibility index (Phi) is 7.03. The van der Waals surface area contributed by atoms with Gasteiger partial charge in [0.1, 0.15) is 11.7 Å². The third kappa shape index (κ3) is 3.95. The first kappa shape index (κ1) is 26.7. The van der Waals surface area contributed by atoms with Crippen molar-refractivity contribution in [2.24, 2.45) is 34.5 Å². The van der Waals surface area contributed by atoms with Crippen molar-refractivity contribution in [1.82, 2.24) is 0 Å². The van der Waals surface area contributed by atoms with E-state index in [1.165, 1.54) is 7.11 Å². The molecule has 4 aliphatic carbocycles. The summed E-state index contributed by atoms with van der Waals surface area (Å²) in [5.41, 5.74) is -0.888. The van der Waals surface area contributed by atoms with Crippen LogP contribution < -0.4 is 0 Å². The second kappa shape index (κ2) is 9.49. The lowest BCUT2D eigenvalue weighted by molar-refractivity contribution is -0.198. The van der Waals surface area contributed by atoms with Gasteiger partial charge in [0, 0.05) is 24.2 Å². The lowest BCUT2D eigenvalue weighted by Gasteiger charge is -2.62. The Morgan fingerprint density at radius 3 is 2.42 bits per heavy atom. The van der Waals surface area contributed by atoms with Gasteiger partial charge in [-0.25, -0.2) is 13.6 Å². The van der Waals surface area contributed by atoms with Crippen LogP contribution in [0.5, 0.6) is 0 Å². The summed E-state index contributed by atoms with van der Waals surface area (Å²) in [5, 5.41) is 0. The van der Waals surface area contributed by atoms with Crippen LogP contribution in [0.4, 0.5) is 18.0 Å². The predicted molar refractivity (Wildman–Crippen MR) is 119 cm³/mol. The molecule has 1 aliphatic heterocycles. The third-order valence-corrected chi connectivity index (χ3v) is 10.0. The molecule has 1 saturated heterocycles. The highest BCUT2D eigenvalue weighted by molar-refractivity contribution is 5.92. The van der Waals surface area contributed by atoms with Gasteiger partial charge < -0.3 is 14.2 Å². The van der Waals surface area contributed by atoms with Crippen molar-refractivity contribution in [3.63, 3.8) is 0 Å². The van der Waals surface area contributed by atoms with Crippen molar-refractivity contribution in [2.45, 2.75) is 76.9 Å². The van der Waals surface area contributed by atoms with Crippen LogP contribution >= 0.6 is 0 Å². The average molecular weight is 515 g/mol. The molecule has 3 saturated carbocycles. The van der Waals surface area contributed by atoms with Crippen LogP contribution in [0, 0.1) is 34.5 Å². The summed E-state index contributed by atoms with van der Waals surface area (Å²) in [4.78, 5) is 49.1. The molecule has 5 rings (SSSR count). The minimum atomic E-state index is -1.85. The van der Waals surface area contributed by atoms with E-state index in [1.54, 1.807) is 6.08 Å². The Labute approximate surface area is 208 Å². The van der Waals surface area contributed by atoms with E-state index in [9.17, 15) is 32.3 Å². The summed E-state index contributed by atoms with van der Waals surface area (Å²) in [5.74, 6) is -1.69. The molecule has 0 aromatic rings. The number of methoxy groups -OCH3 is 1. The first-order chi connectivity index (χ1) is 17.0. The molecule has 4 fully saturated rings. The summed E-state index contributed by atoms with van der Waals surface area (Å²) >= 11 is 0. The summed E-state index contributed by atoms with van der Waals surface area (Å²) in [7, 11) is 1.35. The number of carbonyl (C=O) groups is 4. The third-order valence-electron chi connectivity index (χ3n) is 10.0. The maximum atomic E-state index is 13.8. The first-order valence-electron chi connectivity index (χ1n) is 12.5. The second-order valence-corrected chi connectivity index (χ2v) is 11.2. The highest BCUT2D eigenvalue weighted by atomic mass is 19.3. The number of esters is 2. The van der Waals surface area contributed by atoms with E-state index in [0.717, 1.165) is 12.0 Å². The summed E-state index contributed by atoms with van der Waals surface area (Å²) < 4.78 is 49.5. The fourth-order valence-corrected chi connectivity index (χ4v) is 8.54. The molecule has 3 unspecified atom stereocenters. The number of hydrogen-bond donors (Lipinski definition) is 0. The standard InChI is InChI=1S/C25H31FO7.CH2F2/c1-23-7-4-14(27)10-13(23)11-15(21(29)31-3)19-16-5-8-25(9-6-18(28)33-25)24(16,2)12-17(20(19)23)32-22(26)30;2-1-3/h10,15-17,19-20H,4-9,11-12H2,1-3H3;1H2/t15-,16?,17-,19?,20?,23+,24+,25-;/m1./s1. The van der Waals surface area contributed by atoms with Crippen molar-refractivity contribution in [3.8, 4) is 0 Å². The molecule has 0 N–H and O–H groups in total. The van der Waals surface area contributed by atoms with E-state index < -0.39 is 41.6 Å². The Balaban J connectivity index is 0.000000967. The molecule has 200 valence electrons. The maximum Gasteiger partial charge on any atom is 0.495 e. The van der Waals surface area contributed by atoms with Crippen LogP contribution in [0.2, 0.25) is 0 Å². The minimum Gasteiger partial charge on any atom is -0.469 e. The molecule has 0 aromatic heterocycles. The molecule has 10 heteroatoms. The topological polar surface area (TPSA) is 96.0 Å². The van der Waals surface area contributed by atoms with Gasteiger partial charge in [0.05, 0.1) is 13.0 Å². The van der Waals surface area contributed by atoms with Crippen molar-refractivity contribution in [2.75, 3.05) is 14.0 Å². The number of halogens is 3. The van der Waals surface area contributed by atoms with Gasteiger partial charge >= 0.3 is 18.2 Å². The minimum absolute atomic E-state index is 0.0157. The number of ketones is 1. The lowest BCUT2D eigenvalue weighted by atomic mass is 9.43. The number of carbonyl (C=O) groups excluding carboxylic acids is 4. The number of hydrogen-bond acceptors (Lipinski definition) is 7. The molecule has 5 aliphatic rings. The Hall–Kier alpha value is -2.39. The molecule has 0 bridgehead atoms. The molecule has 7 nitrogen and oxygen atoms in total. The average Bonchev–Trinajstić information content (AvgIpc) is 3.33. The summed E-state index contributed by atoms with van der Waals surface area (Å²) in [6.07, 6.45) is 3.01. The molecule has 1 spiro atoms. The van der Waals surface area contributed by atoms with Crippen molar-refractivity contribution in [3.05, 3.63) is 11.6 Å². The number of allylic oxidation sites excluding steroid dienone is 1. The van der Waals surface area contributed by atoms with E-state index in [0.29, 0.717) is 44.9 Å². The van der Waals surface area contributed by atoms with Gasteiger partial charge in [-0.2, -0.15) is 0 Å². The molecule has 0 aromatic carbocycles. The lowest BCUT2D eigenvalue weighted by Crippen LogP contribution is -2.63. The summed E-state index contributed by atoms with van der Waals surface area (Å²) in [6, 6.07) is 0. The van der Waals surface area contributed by atoms with Gasteiger partial charge in [0.2, 0.25) is 6.93 Å². The number of rotatable bonds is 2. The van der Waals surface area contributed by atoms with E-state index in [-0.39, 0.29) is 35.5 Å². The van der Waals surface area contributed by atoms with E-state index in [4.69, 9.17) is 14.2 Å². The number of alkyl halides is 2. The van der Waals surface area contributed by atoms with Crippen LogP contribution in [-0.2, 0) is 28.6 Å². The van der Waals surface area contributed by atoms with Crippen molar-refractivity contribution >= 4 is 23.9 Å². The zero-order valence-corrected chi connectivity index (χ0v) is 20.8. The highest BCUT2D eigenvalue weighted by Gasteiger charge is 2.71. The van der Waals surface area contributed by atoms with Gasteiger partial charge in [0.15, 0.2) is 5.78 Å². The monoisotopic (exact) mass is 514 g/mol. The Bertz CT molecular complexity index is 983. The van der Waals surface area contributed by atoms with E-state index in [1.807, 2.05) is 6.92 Å². The second-order valence-electron chi connectivity index (χ2n) is 11.2. The van der Waals surface area contributed by atoms with Gasteiger partial charge in [0.25, 0.3) is 0 Å². The van der Waals surface area contributed by atoms with Crippen molar-refractivity contribution < 1.29 is 46.6 Å². The fraction of sp³-hybridized carbons (Fsp3) is 0.769. The Morgan fingerprint density at radius 2 is 1.83 bits per heavy atom. The van der Waals surface area contributed by atoms with Crippen LogP contribution in [0.15, 0.2) is 11.6 Å². The molecular formula is C26H33F3O7. The van der Waals surface area contributed by atoms with Gasteiger partial charge in [-0.05, 0) is 61.9 Å². The molecule has 0 radical (unpaired) electrons. The zero-order valence-electron chi connectivity index (χ0n) is 20.8. The maximum absolute atomic E-state index is 13.8. The molecule has 36 heavy (non-hydrogen) atoms. The quantitative estimate of drug-likeness (QED) is 0.292. The van der Waals surface area contributed by atoms with E-state index >= 15 is 0 Å². The zero-order chi connectivity index (χ0) is 26.5. The van der Waals surface area contributed by atoms with Crippen molar-refractivity contribution in [1.29, 1.82) is 0 Å². The predicted octanol–water partition coefficient (Wildman–Crippen LogP) is 4.96. The fourth-order valence-electron chi connectivity index (χ4n) is 8.54. The first-order valence-corrected chi connectivity index (χ1v) is 12.5. The van der Waals surface area contributed by atoms with Crippen LogP contribution in [0.3, 0.4) is 0 Å². The normalized spacial score (nSPS) is 42.7. The SMILES string of the molecule is COC(=O)[C@@H]1CC2=CC(=O)CC[C@]2(C)C2C1C1CC[C@@]3(CCC(=O)O3)[C@@]1(C)C[C@H]2OC(=O)F.FCF. The molecule has 0 amide bonds. The largest absolute Gasteiger partial charge is 0.495 e. The van der Waals surface area contributed by atoms with Crippen LogP contribution in [0.1, 0.15) is 65.2 Å². The smallest absolute Gasteiger partial charge is 0.469 e. The van der Waals surface area contributed by atoms with Crippen LogP contribution in [0.25, 0.3) is 0 Å². The van der Waals surface area contributed by atoms with E-state index in [2.05, 4.69) is 6.92 Å². The molecule has 1 heterocycles. The summed E-state index contributed by atoms with van der Waals surface area (Å²) in [6.45, 7) is 2.35. The number of fused-ring (bicyclic) bond motifs is 6. The molecular weight excluding hydrogens is 481 g/mol. The van der Waals surface area contributed by atoms with Gasteiger partial charge in [-0.1, -0.05) is 19.4 Å². The van der Waals surface area contributed by atoms with Gasteiger partial charge in [-0.3, -0.25) is 14.4 Å². The highest BCUT2D eigenvalue weighted by Crippen LogP contribution is 2.71. The van der Waals surface area contributed by atoms with Gasteiger partial charge in [-0.15, -0.1) is 4.39 Å². The Morgan fingerprint density at radius 1 is 1.14 bits per heavy atom. The number of ether oxygens (including phenoxy) is 3. The van der Waals surface area contributed by atoms with Crippen LogP contribution in [-0.4, -0.2) is 49.7 Å². The molecule has 8 atom stereocenters.